The molecule has 20 rings (SSSR count). The third-order valence-corrected chi connectivity index (χ3v) is 21.9. The Morgan fingerprint density at radius 2 is 0.745 bits per heavy atom. The first-order valence-corrected chi connectivity index (χ1v) is 33.8. The van der Waals surface area contributed by atoms with E-state index < -0.39 is 0 Å². The van der Waals surface area contributed by atoms with Crippen LogP contribution in [0.5, 0.6) is 11.5 Å². The Labute approximate surface area is 553 Å². The first kappa shape index (κ1) is 53.1. The van der Waals surface area contributed by atoms with Crippen molar-refractivity contribution in [3.63, 3.8) is 0 Å². The second kappa shape index (κ2) is 21.0. The number of rotatable bonds is 9. The molecule has 10 heteroatoms. The van der Waals surface area contributed by atoms with E-state index in [1.807, 2.05) is 22.7 Å². The molecule has 0 amide bonds. The molecule has 16 aromatic rings. The largest absolute Gasteiger partial charge is 0.458 e. The Morgan fingerprint density at radius 1 is 0.277 bits per heavy atom. The topological polar surface area (TPSA) is 25.4 Å². The standard InChI is InChI=1S/C84H53B2N5OS2/c1-6-26-54(27-7-1)87(55-28-8-2-9-29-55)59-48-73-82-74(49-59)90(58-34-14-5-15-35-58)72-53-76-67(52-66(72)85(82)64-39-18-20-41-68(64)89(73)57-32-12-4-13-33-57)86-65-40-19-21-42-69(65)91(70-43-25-47-80-81(70)63-37-17-23-46-79(63)93-80)75-50-60(51-77(92-76)83(75)86)88(56-30-10-3-11-31-56)71-44-24-38-62-61-36-16-22-45-78(61)94-84(62)71/h1-53H. The fourth-order valence-electron chi connectivity index (χ4n) is 15.8. The van der Waals surface area contributed by atoms with E-state index in [-0.39, 0.29) is 13.4 Å². The van der Waals surface area contributed by atoms with E-state index >= 15 is 0 Å². The highest BCUT2D eigenvalue weighted by Crippen LogP contribution is 2.53. The Hall–Kier alpha value is -11.6. The lowest BCUT2D eigenvalue weighted by atomic mass is 9.30. The van der Waals surface area contributed by atoms with E-state index in [1.54, 1.807) is 0 Å². The number of ether oxygens (including phenoxy) is 1. The normalized spacial score (nSPS) is 13.1. The van der Waals surface area contributed by atoms with E-state index in [1.165, 1.54) is 62.2 Å². The highest BCUT2D eigenvalue weighted by Gasteiger charge is 2.48. The zero-order valence-corrected chi connectivity index (χ0v) is 52.3. The second-order valence-electron chi connectivity index (χ2n) is 24.7. The molecule has 6 nitrogen and oxygen atoms in total. The van der Waals surface area contributed by atoms with Crippen LogP contribution in [0.4, 0.5) is 85.3 Å². The molecule has 4 aliphatic heterocycles. The molecule has 94 heavy (non-hydrogen) atoms. The number of thiophene rings is 2. The molecule has 0 bridgehead atoms. The molecule has 438 valence electrons. The zero-order valence-electron chi connectivity index (χ0n) is 50.7. The Morgan fingerprint density at radius 3 is 1.39 bits per heavy atom. The zero-order chi connectivity index (χ0) is 61.5. The van der Waals surface area contributed by atoms with Crippen LogP contribution in [0.1, 0.15) is 0 Å². The van der Waals surface area contributed by atoms with Crippen LogP contribution in [0.2, 0.25) is 0 Å². The Bertz CT molecular complexity index is 5690. The van der Waals surface area contributed by atoms with Crippen molar-refractivity contribution in [3.8, 4) is 11.5 Å². The molecular formula is C84H53B2N5OS2. The average molecular weight is 1230 g/mol. The van der Waals surface area contributed by atoms with Crippen LogP contribution >= 0.6 is 22.7 Å². The van der Waals surface area contributed by atoms with E-state index in [0.29, 0.717) is 0 Å². The first-order valence-electron chi connectivity index (χ1n) is 32.1. The summed E-state index contributed by atoms with van der Waals surface area (Å²) in [7, 11) is 0. The molecule has 2 aromatic heterocycles. The maximum absolute atomic E-state index is 7.94. The molecule has 0 spiro atoms. The number of hydrogen-bond acceptors (Lipinski definition) is 8. The fraction of sp³-hybridized carbons (Fsp3) is 0. The summed E-state index contributed by atoms with van der Waals surface area (Å²) >= 11 is 3.71. The predicted octanol–water partition coefficient (Wildman–Crippen LogP) is 19.8. The number of anilines is 15. The van der Waals surface area contributed by atoms with Crippen molar-refractivity contribution in [2.24, 2.45) is 0 Å². The maximum Gasteiger partial charge on any atom is 0.256 e. The summed E-state index contributed by atoms with van der Waals surface area (Å²) in [6.45, 7) is -0.384. The number of nitrogens with zero attached hydrogens (tertiary/aromatic N) is 5. The molecule has 0 radical (unpaired) electrons. The van der Waals surface area contributed by atoms with E-state index in [2.05, 4.69) is 346 Å². The van der Waals surface area contributed by atoms with Crippen molar-refractivity contribution in [1.29, 1.82) is 0 Å². The Kier molecular flexibility index (Phi) is 11.9. The predicted molar refractivity (Wildman–Crippen MR) is 401 cm³/mol. The molecule has 0 aliphatic carbocycles. The van der Waals surface area contributed by atoms with Gasteiger partial charge >= 0.3 is 0 Å². The molecule has 0 N–H and O–H groups in total. The summed E-state index contributed by atoms with van der Waals surface area (Å²) in [6.07, 6.45) is 0. The van der Waals surface area contributed by atoms with Crippen LogP contribution in [0, 0.1) is 0 Å². The van der Waals surface area contributed by atoms with Gasteiger partial charge in [-0.3, -0.25) is 0 Å². The number of hydrogen-bond donors (Lipinski definition) is 0. The van der Waals surface area contributed by atoms with Gasteiger partial charge in [0.1, 0.15) is 11.5 Å². The second-order valence-corrected chi connectivity index (χ2v) is 26.8. The van der Waals surface area contributed by atoms with Crippen molar-refractivity contribution in [2.45, 2.75) is 0 Å². The van der Waals surface area contributed by atoms with Gasteiger partial charge in [-0.25, -0.2) is 0 Å². The molecule has 14 aromatic carbocycles. The number of benzene rings is 14. The molecule has 0 saturated carbocycles. The van der Waals surface area contributed by atoms with Gasteiger partial charge in [0.05, 0.1) is 27.4 Å². The van der Waals surface area contributed by atoms with Gasteiger partial charge in [0, 0.05) is 110 Å². The van der Waals surface area contributed by atoms with Gasteiger partial charge < -0.3 is 29.2 Å². The van der Waals surface area contributed by atoms with Crippen molar-refractivity contribution >= 4 is 195 Å². The van der Waals surface area contributed by atoms with Gasteiger partial charge in [-0.15, -0.1) is 22.7 Å². The van der Waals surface area contributed by atoms with Gasteiger partial charge in [0.15, 0.2) is 0 Å². The molecule has 0 unspecified atom stereocenters. The SMILES string of the molecule is c1ccc(N(c2ccccc2)c2cc3c4c(c2)N(c2ccccc2)c2cc5c(cc2B4c2ccccc2N3c2ccccc2)B2c3ccccc3N(c3cccc4sc6ccccc6c34)c3cc(N(c4ccccc4)c4cccc6c4sc4ccccc46)cc(c32)O5)cc1. The molecular weight excluding hydrogens is 1180 g/mol. The van der Waals surface area contributed by atoms with E-state index in [9.17, 15) is 0 Å². The number of para-hydroxylation sites is 7. The van der Waals surface area contributed by atoms with Gasteiger partial charge in [-0.2, -0.15) is 0 Å². The van der Waals surface area contributed by atoms with Crippen LogP contribution in [-0.2, 0) is 0 Å². The lowest BCUT2D eigenvalue weighted by Crippen LogP contribution is -2.64. The van der Waals surface area contributed by atoms with Crippen LogP contribution in [0.15, 0.2) is 322 Å². The summed E-state index contributed by atoms with van der Waals surface area (Å²) in [4.78, 5) is 12.5. The highest BCUT2D eigenvalue weighted by atomic mass is 32.1. The molecule has 6 heterocycles. The van der Waals surface area contributed by atoms with Crippen LogP contribution in [0.3, 0.4) is 0 Å². The fourth-order valence-corrected chi connectivity index (χ4v) is 18.1. The van der Waals surface area contributed by atoms with Crippen LogP contribution in [0.25, 0.3) is 40.3 Å². The van der Waals surface area contributed by atoms with Crippen molar-refractivity contribution < 1.29 is 4.74 Å². The van der Waals surface area contributed by atoms with Gasteiger partial charge in [0.25, 0.3) is 13.4 Å². The maximum atomic E-state index is 7.94. The third-order valence-electron chi connectivity index (χ3n) is 19.6. The monoisotopic (exact) mass is 1230 g/mol. The average Bonchev–Trinajstić information content (AvgIpc) is 0.738. The smallest absolute Gasteiger partial charge is 0.256 e. The molecule has 0 atom stereocenters. The van der Waals surface area contributed by atoms with Crippen LogP contribution in [-0.4, -0.2) is 13.4 Å². The van der Waals surface area contributed by atoms with E-state index in [4.69, 9.17) is 4.74 Å². The summed E-state index contributed by atoms with van der Waals surface area (Å²) in [5.41, 5.74) is 23.5. The van der Waals surface area contributed by atoms with Gasteiger partial charge in [0.2, 0.25) is 0 Å². The lowest BCUT2D eigenvalue weighted by molar-refractivity contribution is 0.488. The Balaban J connectivity index is 0.872. The third kappa shape index (κ3) is 7.97. The van der Waals surface area contributed by atoms with Gasteiger partial charge in [-0.05, 0) is 154 Å². The first-order chi connectivity index (χ1) is 46.7. The molecule has 4 aliphatic rings. The summed E-state index contributed by atoms with van der Waals surface area (Å²) < 4.78 is 12.9. The summed E-state index contributed by atoms with van der Waals surface area (Å²) in [5, 5.41) is 4.99. The molecule has 0 saturated heterocycles. The summed E-state index contributed by atoms with van der Waals surface area (Å²) in [5.74, 6) is 1.66. The minimum atomic E-state index is -0.214. The lowest BCUT2D eigenvalue weighted by Gasteiger charge is -2.46. The highest BCUT2D eigenvalue weighted by molar-refractivity contribution is 7.26. The quantitative estimate of drug-likeness (QED) is 0.134. The van der Waals surface area contributed by atoms with Crippen molar-refractivity contribution in [2.75, 3.05) is 24.5 Å². The minimum absolute atomic E-state index is 0.170. The van der Waals surface area contributed by atoms with E-state index in [0.717, 1.165) is 108 Å². The van der Waals surface area contributed by atoms with Gasteiger partial charge in [-0.1, -0.05) is 188 Å². The summed E-state index contributed by atoms with van der Waals surface area (Å²) in [6, 6.07) is 119. The minimum Gasteiger partial charge on any atom is -0.458 e. The van der Waals surface area contributed by atoms with Crippen LogP contribution < -0.4 is 62.0 Å². The van der Waals surface area contributed by atoms with Crippen molar-refractivity contribution in [3.05, 3.63) is 322 Å². The number of fused-ring (bicyclic) bond motifs is 14. The van der Waals surface area contributed by atoms with Crippen molar-refractivity contribution in [1.82, 2.24) is 0 Å². The molecule has 0 fully saturated rings.